The van der Waals surface area contributed by atoms with E-state index in [9.17, 15) is 4.79 Å². The summed E-state index contributed by atoms with van der Waals surface area (Å²) < 4.78 is 16.0. The summed E-state index contributed by atoms with van der Waals surface area (Å²) in [4.78, 5) is 11.5. The van der Waals surface area contributed by atoms with Gasteiger partial charge in [0.2, 0.25) is 0 Å². The summed E-state index contributed by atoms with van der Waals surface area (Å²) in [7, 11) is 2.93. The minimum Gasteiger partial charge on any atom is -0.493 e. The Morgan fingerprint density at radius 2 is 1.79 bits per heavy atom. The standard InChI is InChI=1S/C20H23N3O4S/c1-4-16(22-23-20(21)28)15-9-10-17(18(11-15)25-2)27-12-13-5-7-14(8-6-13)19(24)26-3/h5-11H,4,12H2,1-3H3,(H3,21,23,28)/b22-16-. The number of rotatable bonds is 8. The Bertz CT molecular complexity index is 866. The molecule has 28 heavy (non-hydrogen) atoms. The highest BCUT2D eigenvalue weighted by atomic mass is 32.1. The van der Waals surface area contributed by atoms with E-state index in [0.717, 1.165) is 16.8 Å². The molecule has 0 saturated heterocycles. The summed E-state index contributed by atoms with van der Waals surface area (Å²) in [6, 6.07) is 12.6. The zero-order valence-electron chi connectivity index (χ0n) is 16.0. The van der Waals surface area contributed by atoms with Gasteiger partial charge in [0.05, 0.1) is 25.5 Å². The minimum atomic E-state index is -0.372. The molecule has 0 aliphatic carbocycles. The van der Waals surface area contributed by atoms with Gasteiger partial charge in [-0.05, 0) is 54.5 Å². The monoisotopic (exact) mass is 401 g/mol. The van der Waals surface area contributed by atoms with E-state index < -0.39 is 0 Å². The summed E-state index contributed by atoms with van der Waals surface area (Å²) in [5.74, 6) is 0.809. The van der Waals surface area contributed by atoms with Crippen molar-refractivity contribution in [3.63, 3.8) is 0 Å². The van der Waals surface area contributed by atoms with Gasteiger partial charge >= 0.3 is 5.97 Å². The van der Waals surface area contributed by atoms with E-state index in [0.29, 0.717) is 30.1 Å². The molecule has 0 heterocycles. The van der Waals surface area contributed by atoms with Gasteiger partial charge in [-0.1, -0.05) is 19.1 Å². The molecule has 2 aromatic carbocycles. The van der Waals surface area contributed by atoms with Gasteiger partial charge in [0.25, 0.3) is 0 Å². The van der Waals surface area contributed by atoms with Crippen molar-refractivity contribution < 1.29 is 19.0 Å². The second-order valence-corrected chi connectivity index (χ2v) is 6.17. The number of benzene rings is 2. The Morgan fingerprint density at radius 1 is 1.11 bits per heavy atom. The van der Waals surface area contributed by atoms with Gasteiger partial charge < -0.3 is 19.9 Å². The van der Waals surface area contributed by atoms with Crippen molar-refractivity contribution in [2.45, 2.75) is 20.0 Å². The number of ether oxygens (including phenoxy) is 3. The predicted octanol–water partition coefficient (Wildman–Crippen LogP) is 3.01. The molecule has 3 N–H and O–H groups in total. The predicted molar refractivity (Wildman–Crippen MR) is 112 cm³/mol. The van der Waals surface area contributed by atoms with E-state index in [1.54, 1.807) is 19.2 Å². The topological polar surface area (TPSA) is 95.2 Å². The van der Waals surface area contributed by atoms with Crippen molar-refractivity contribution in [1.82, 2.24) is 5.43 Å². The third-order valence-corrected chi connectivity index (χ3v) is 3.99. The third kappa shape index (κ3) is 5.68. The summed E-state index contributed by atoms with van der Waals surface area (Å²) in [6.07, 6.45) is 0.686. The maximum absolute atomic E-state index is 11.5. The Balaban J connectivity index is 2.12. The Hall–Kier alpha value is -3.13. The molecule has 0 bridgehead atoms. The average molecular weight is 401 g/mol. The molecule has 2 rings (SSSR count). The van der Waals surface area contributed by atoms with Crippen molar-refractivity contribution in [2.75, 3.05) is 14.2 Å². The van der Waals surface area contributed by atoms with Crippen LogP contribution in [-0.4, -0.2) is 31.0 Å². The lowest BCUT2D eigenvalue weighted by Crippen LogP contribution is -2.25. The maximum atomic E-state index is 11.5. The molecule has 7 nitrogen and oxygen atoms in total. The first-order valence-electron chi connectivity index (χ1n) is 8.59. The van der Waals surface area contributed by atoms with Gasteiger partial charge in [0.1, 0.15) is 6.61 Å². The van der Waals surface area contributed by atoms with Gasteiger partial charge in [0.15, 0.2) is 16.6 Å². The molecule has 0 aromatic heterocycles. The average Bonchev–Trinajstić information content (AvgIpc) is 2.72. The van der Waals surface area contributed by atoms with E-state index >= 15 is 0 Å². The van der Waals surface area contributed by atoms with Crippen LogP contribution in [0.2, 0.25) is 0 Å². The third-order valence-electron chi connectivity index (χ3n) is 3.90. The van der Waals surface area contributed by atoms with Crippen LogP contribution in [0, 0.1) is 0 Å². The van der Waals surface area contributed by atoms with E-state index in [-0.39, 0.29) is 11.1 Å². The lowest BCUT2D eigenvalue weighted by atomic mass is 10.1. The van der Waals surface area contributed by atoms with Crippen molar-refractivity contribution in [3.05, 3.63) is 59.2 Å². The Morgan fingerprint density at radius 3 is 2.36 bits per heavy atom. The number of nitrogens with zero attached hydrogens (tertiary/aromatic N) is 1. The van der Waals surface area contributed by atoms with Crippen molar-refractivity contribution >= 4 is 29.0 Å². The van der Waals surface area contributed by atoms with Crippen LogP contribution in [0.1, 0.15) is 34.8 Å². The molecule has 8 heteroatoms. The quantitative estimate of drug-likeness (QED) is 0.304. The second kappa shape index (κ2) is 10.3. The molecular formula is C20H23N3O4S. The normalized spacial score (nSPS) is 10.9. The number of thiocarbonyl (C=S) groups is 1. The van der Waals surface area contributed by atoms with Crippen molar-refractivity contribution in [3.8, 4) is 11.5 Å². The van der Waals surface area contributed by atoms with E-state index in [1.165, 1.54) is 7.11 Å². The van der Waals surface area contributed by atoms with Gasteiger partial charge in [-0.3, -0.25) is 5.43 Å². The zero-order valence-corrected chi connectivity index (χ0v) is 16.8. The van der Waals surface area contributed by atoms with Gasteiger partial charge in [-0.15, -0.1) is 0 Å². The van der Waals surface area contributed by atoms with Crippen LogP contribution >= 0.6 is 12.2 Å². The first kappa shape index (κ1) is 21.2. The van der Waals surface area contributed by atoms with E-state index in [1.807, 2.05) is 37.3 Å². The largest absolute Gasteiger partial charge is 0.493 e. The van der Waals surface area contributed by atoms with Crippen LogP contribution in [0.4, 0.5) is 0 Å². The van der Waals surface area contributed by atoms with Crippen molar-refractivity contribution in [2.24, 2.45) is 10.8 Å². The lowest BCUT2D eigenvalue weighted by molar-refractivity contribution is 0.0600. The van der Waals surface area contributed by atoms with Crippen LogP contribution in [0.3, 0.4) is 0 Å². The number of esters is 1. The number of carbonyl (C=O) groups is 1. The van der Waals surface area contributed by atoms with Crippen molar-refractivity contribution in [1.29, 1.82) is 0 Å². The molecule has 0 aliphatic heterocycles. The fourth-order valence-corrected chi connectivity index (χ4v) is 2.50. The minimum absolute atomic E-state index is 0.107. The summed E-state index contributed by atoms with van der Waals surface area (Å²) in [5.41, 5.74) is 11.1. The molecular weight excluding hydrogens is 378 g/mol. The van der Waals surface area contributed by atoms with Crippen LogP contribution < -0.4 is 20.6 Å². The number of hydrogen-bond donors (Lipinski definition) is 2. The first-order valence-corrected chi connectivity index (χ1v) is 8.99. The lowest BCUT2D eigenvalue weighted by Gasteiger charge is -2.13. The molecule has 0 unspecified atom stereocenters. The first-order chi connectivity index (χ1) is 13.5. The smallest absolute Gasteiger partial charge is 0.337 e. The molecule has 0 fully saturated rings. The number of nitrogens with two attached hydrogens (primary N) is 1. The van der Waals surface area contributed by atoms with Gasteiger partial charge in [-0.2, -0.15) is 5.10 Å². The fourth-order valence-electron chi connectivity index (χ4n) is 2.45. The summed E-state index contributed by atoms with van der Waals surface area (Å²) in [6.45, 7) is 2.31. The zero-order chi connectivity index (χ0) is 20.5. The molecule has 2 aromatic rings. The highest BCUT2D eigenvalue weighted by Crippen LogP contribution is 2.29. The van der Waals surface area contributed by atoms with Crippen LogP contribution in [0.5, 0.6) is 11.5 Å². The Labute approximate surface area is 169 Å². The second-order valence-electron chi connectivity index (χ2n) is 5.73. The number of methoxy groups -OCH3 is 2. The van der Waals surface area contributed by atoms with Gasteiger partial charge in [0, 0.05) is 5.56 Å². The van der Waals surface area contributed by atoms with Gasteiger partial charge in [-0.25, -0.2) is 4.79 Å². The maximum Gasteiger partial charge on any atom is 0.337 e. The number of nitrogens with one attached hydrogen (secondary N) is 1. The molecule has 0 amide bonds. The number of hydrogen-bond acceptors (Lipinski definition) is 6. The Kier molecular flexibility index (Phi) is 7.76. The van der Waals surface area contributed by atoms with E-state index in [2.05, 4.69) is 10.5 Å². The van der Waals surface area contributed by atoms with Crippen LogP contribution in [-0.2, 0) is 11.3 Å². The SMILES string of the molecule is CC/C(=N/NC(N)=S)c1ccc(OCc2ccc(C(=O)OC)cc2)c(OC)c1. The molecule has 148 valence electrons. The highest BCUT2D eigenvalue weighted by Gasteiger charge is 2.10. The molecule has 0 spiro atoms. The fraction of sp³-hybridized carbons (Fsp3) is 0.250. The summed E-state index contributed by atoms with van der Waals surface area (Å²) >= 11 is 4.78. The molecule has 0 radical (unpaired) electrons. The number of carbonyl (C=O) groups excluding carboxylic acids is 1. The summed E-state index contributed by atoms with van der Waals surface area (Å²) in [5, 5.41) is 4.31. The van der Waals surface area contributed by atoms with E-state index in [4.69, 9.17) is 32.2 Å². The number of hydrazone groups is 1. The van der Waals surface area contributed by atoms with Crippen LogP contribution in [0.25, 0.3) is 0 Å². The van der Waals surface area contributed by atoms with Crippen LogP contribution in [0.15, 0.2) is 47.6 Å². The molecule has 0 atom stereocenters. The molecule has 0 saturated carbocycles. The highest BCUT2D eigenvalue weighted by molar-refractivity contribution is 7.80. The molecule has 0 aliphatic rings.